The van der Waals surface area contributed by atoms with E-state index in [0.29, 0.717) is 25.7 Å². The summed E-state index contributed by atoms with van der Waals surface area (Å²) in [6, 6.07) is 12.4. The summed E-state index contributed by atoms with van der Waals surface area (Å²) >= 11 is 0. The number of pyridine rings is 1. The normalized spacial score (nSPS) is 20.4. The van der Waals surface area contributed by atoms with Crippen LogP contribution in [0.2, 0.25) is 0 Å². The highest BCUT2D eigenvalue weighted by Gasteiger charge is 2.40. The van der Waals surface area contributed by atoms with Gasteiger partial charge >= 0.3 is 5.97 Å². The first kappa shape index (κ1) is 24.4. The number of hydrogen-bond acceptors (Lipinski definition) is 5. The number of esters is 1. The first-order valence-corrected chi connectivity index (χ1v) is 13.0. The number of nitrogens with one attached hydrogen (secondary N) is 2. The van der Waals surface area contributed by atoms with E-state index in [1.54, 1.807) is 6.07 Å². The minimum Gasteiger partial charge on any atom is -0.494 e. The summed E-state index contributed by atoms with van der Waals surface area (Å²) < 4.78 is 25.7. The second-order valence-corrected chi connectivity index (χ2v) is 11.1. The van der Waals surface area contributed by atoms with Gasteiger partial charge in [0, 0.05) is 40.4 Å². The minimum atomic E-state index is -0.619. The van der Waals surface area contributed by atoms with Gasteiger partial charge in [-0.05, 0) is 48.4 Å². The van der Waals surface area contributed by atoms with E-state index in [-0.39, 0.29) is 17.1 Å². The summed E-state index contributed by atoms with van der Waals surface area (Å²) in [5.41, 5.74) is 5.05. The number of nitrogens with zero attached hydrogens (tertiary/aromatic N) is 1. The number of H-pyrrole nitrogens is 1. The molecule has 0 spiro atoms. The molecule has 7 nitrogen and oxygen atoms in total. The van der Waals surface area contributed by atoms with Crippen molar-refractivity contribution in [3.63, 3.8) is 0 Å². The Balaban J connectivity index is 1.49. The Kier molecular flexibility index (Phi) is 5.85. The summed E-state index contributed by atoms with van der Waals surface area (Å²) in [5.74, 6) is -0.748. The van der Waals surface area contributed by atoms with Gasteiger partial charge in [0.05, 0.1) is 18.3 Å². The first-order chi connectivity index (χ1) is 18.2. The number of carbonyl (C=O) groups is 2. The van der Waals surface area contributed by atoms with Crippen molar-refractivity contribution in [1.82, 2.24) is 15.3 Å². The third kappa shape index (κ3) is 4.27. The Morgan fingerprint density at radius 3 is 2.76 bits per heavy atom. The lowest BCUT2D eigenvalue weighted by atomic mass is 9.73. The summed E-state index contributed by atoms with van der Waals surface area (Å²) in [6.45, 7) is 4.29. The fourth-order valence-electron chi connectivity index (χ4n) is 5.93. The number of aromatic nitrogens is 2. The molecule has 8 heteroatoms. The molecule has 4 aromatic rings. The quantitative estimate of drug-likeness (QED) is 0.352. The number of aromatic amines is 1. The lowest BCUT2D eigenvalue weighted by Gasteiger charge is -2.37. The van der Waals surface area contributed by atoms with Gasteiger partial charge in [0.1, 0.15) is 12.1 Å². The molecule has 1 aliphatic heterocycles. The number of fused-ring (bicyclic) bond motifs is 5. The van der Waals surface area contributed by atoms with E-state index in [0.717, 1.165) is 50.7 Å². The molecule has 1 amide bonds. The van der Waals surface area contributed by atoms with Crippen LogP contribution in [-0.2, 0) is 27.2 Å². The van der Waals surface area contributed by atoms with Crippen molar-refractivity contribution < 1.29 is 23.5 Å². The van der Waals surface area contributed by atoms with E-state index in [1.165, 1.54) is 13.2 Å². The van der Waals surface area contributed by atoms with Crippen LogP contribution in [0.1, 0.15) is 61.7 Å². The SMILES string of the molecule is COc1ccc(Cc2nc3c(c4c2[nH]c2ccccc24)[C@@H](OC(=O)[C@@H]2CCC(=O)N2)CC(C)(C)C3)cc1F. The Labute approximate surface area is 219 Å². The number of methoxy groups -OCH3 is 1. The molecule has 6 rings (SSSR count). The van der Waals surface area contributed by atoms with E-state index in [2.05, 4.69) is 30.2 Å². The summed E-state index contributed by atoms with van der Waals surface area (Å²) in [7, 11) is 1.45. The molecule has 0 radical (unpaired) electrons. The lowest BCUT2D eigenvalue weighted by molar-refractivity contribution is -0.154. The van der Waals surface area contributed by atoms with Gasteiger partial charge in [-0.1, -0.05) is 38.1 Å². The van der Waals surface area contributed by atoms with Crippen molar-refractivity contribution in [1.29, 1.82) is 0 Å². The zero-order valence-corrected chi connectivity index (χ0v) is 21.7. The molecule has 2 aromatic heterocycles. The second-order valence-electron chi connectivity index (χ2n) is 11.1. The van der Waals surface area contributed by atoms with Gasteiger partial charge in [0.2, 0.25) is 5.91 Å². The van der Waals surface area contributed by atoms with Gasteiger partial charge in [0.15, 0.2) is 11.6 Å². The molecule has 38 heavy (non-hydrogen) atoms. The average Bonchev–Trinajstić information content (AvgIpc) is 3.47. The van der Waals surface area contributed by atoms with Crippen LogP contribution in [0.25, 0.3) is 21.8 Å². The smallest absolute Gasteiger partial charge is 0.329 e. The highest BCUT2D eigenvalue weighted by Crippen LogP contribution is 2.47. The maximum absolute atomic E-state index is 14.5. The van der Waals surface area contributed by atoms with Gasteiger partial charge < -0.3 is 19.8 Å². The maximum Gasteiger partial charge on any atom is 0.329 e. The number of rotatable bonds is 5. The summed E-state index contributed by atoms with van der Waals surface area (Å²) in [6.07, 6.45) is 2.06. The Morgan fingerprint density at radius 1 is 1.21 bits per heavy atom. The van der Waals surface area contributed by atoms with Gasteiger partial charge in [-0.15, -0.1) is 0 Å². The van der Waals surface area contributed by atoms with Crippen LogP contribution in [0.4, 0.5) is 4.39 Å². The van der Waals surface area contributed by atoms with Crippen molar-refractivity contribution in [3.8, 4) is 5.75 Å². The third-order valence-electron chi connectivity index (χ3n) is 7.68. The van der Waals surface area contributed by atoms with E-state index >= 15 is 0 Å². The number of para-hydroxylation sites is 1. The zero-order chi connectivity index (χ0) is 26.6. The average molecular weight is 516 g/mol. The largest absolute Gasteiger partial charge is 0.494 e. The van der Waals surface area contributed by atoms with E-state index < -0.39 is 23.9 Å². The molecule has 196 valence electrons. The molecule has 1 saturated heterocycles. The lowest BCUT2D eigenvalue weighted by Crippen LogP contribution is -2.37. The molecule has 2 aromatic carbocycles. The Morgan fingerprint density at radius 2 is 2.03 bits per heavy atom. The first-order valence-electron chi connectivity index (χ1n) is 13.0. The molecular weight excluding hydrogens is 485 g/mol. The molecular formula is C30H30FN3O4. The number of amides is 1. The van der Waals surface area contributed by atoms with Gasteiger partial charge in [0.25, 0.3) is 0 Å². The summed E-state index contributed by atoms with van der Waals surface area (Å²) in [5, 5.41) is 4.73. The van der Waals surface area contributed by atoms with E-state index in [1.807, 2.05) is 24.3 Å². The van der Waals surface area contributed by atoms with E-state index in [4.69, 9.17) is 14.5 Å². The molecule has 1 fully saturated rings. The van der Waals surface area contributed by atoms with Crippen LogP contribution in [0.15, 0.2) is 42.5 Å². The number of halogens is 1. The van der Waals surface area contributed by atoms with Crippen molar-refractivity contribution in [2.24, 2.45) is 5.41 Å². The van der Waals surface area contributed by atoms with Crippen LogP contribution < -0.4 is 10.1 Å². The fourth-order valence-corrected chi connectivity index (χ4v) is 5.93. The van der Waals surface area contributed by atoms with Gasteiger partial charge in [-0.3, -0.25) is 9.78 Å². The molecule has 0 bridgehead atoms. The fraction of sp³-hybridized carbons (Fsp3) is 0.367. The molecule has 2 N–H and O–H groups in total. The highest BCUT2D eigenvalue weighted by molar-refractivity contribution is 6.10. The monoisotopic (exact) mass is 515 g/mol. The predicted octanol–water partition coefficient (Wildman–Crippen LogP) is 5.29. The maximum atomic E-state index is 14.5. The number of benzene rings is 2. The molecule has 0 unspecified atom stereocenters. The van der Waals surface area contributed by atoms with Crippen LogP contribution in [-0.4, -0.2) is 35.0 Å². The standard InChI is InChI=1S/C30H30FN3O4/c1-30(2)14-22-27(24(15-30)38-29(36)20-9-11-25(35)33-20)26-17-6-4-5-7-19(17)34-28(26)21(32-22)13-16-8-10-23(37-3)18(31)12-16/h4-8,10,12,20,24,34H,9,11,13-15H2,1-3H3,(H,33,35)/t20-,24-/m0/s1. The van der Waals surface area contributed by atoms with Gasteiger partial charge in [-0.2, -0.15) is 0 Å². The van der Waals surface area contributed by atoms with Crippen molar-refractivity contribution in [2.75, 3.05) is 7.11 Å². The molecule has 3 heterocycles. The van der Waals surface area contributed by atoms with Crippen molar-refractivity contribution in [2.45, 2.75) is 58.1 Å². The Hall–Kier alpha value is -3.94. The third-order valence-corrected chi connectivity index (χ3v) is 7.68. The molecule has 2 atom stereocenters. The number of hydrogen-bond donors (Lipinski definition) is 2. The summed E-state index contributed by atoms with van der Waals surface area (Å²) in [4.78, 5) is 33.5. The van der Waals surface area contributed by atoms with Crippen LogP contribution in [0.3, 0.4) is 0 Å². The zero-order valence-electron chi connectivity index (χ0n) is 21.7. The number of ether oxygens (including phenoxy) is 2. The van der Waals surface area contributed by atoms with Gasteiger partial charge in [-0.25, -0.2) is 9.18 Å². The highest BCUT2D eigenvalue weighted by atomic mass is 19.1. The van der Waals surface area contributed by atoms with Crippen molar-refractivity contribution >= 4 is 33.7 Å². The minimum absolute atomic E-state index is 0.128. The number of carbonyl (C=O) groups excluding carboxylic acids is 2. The predicted molar refractivity (Wildman–Crippen MR) is 141 cm³/mol. The van der Waals surface area contributed by atoms with Crippen LogP contribution in [0, 0.1) is 11.2 Å². The second kappa shape index (κ2) is 9.11. The Bertz CT molecular complexity index is 1590. The molecule has 0 saturated carbocycles. The molecule has 1 aliphatic carbocycles. The van der Waals surface area contributed by atoms with Crippen molar-refractivity contribution in [3.05, 3.63) is 70.8 Å². The van der Waals surface area contributed by atoms with Crippen LogP contribution >= 0.6 is 0 Å². The molecule has 2 aliphatic rings. The van der Waals surface area contributed by atoms with E-state index in [9.17, 15) is 14.0 Å². The topological polar surface area (TPSA) is 93.3 Å². The van der Waals surface area contributed by atoms with Crippen LogP contribution in [0.5, 0.6) is 5.75 Å².